The lowest BCUT2D eigenvalue weighted by Gasteiger charge is -2.42. The third kappa shape index (κ3) is 1.94. The van der Waals surface area contributed by atoms with Gasteiger partial charge in [-0.2, -0.15) is 0 Å². The molecule has 1 amide bonds. The summed E-state index contributed by atoms with van der Waals surface area (Å²) in [4.78, 5) is 12.4. The third-order valence-electron chi connectivity index (χ3n) is 3.42. The summed E-state index contributed by atoms with van der Waals surface area (Å²) in [5.41, 5.74) is -0.457. The number of hydrogen-bond donors (Lipinski definition) is 2. The highest BCUT2D eigenvalue weighted by molar-refractivity contribution is 9.10. The van der Waals surface area contributed by atoms with Crippen molar-refractivity contribution in [2.75, 3.05) is 0 Å². The third-order valence-corrected chi connectivity index (χ3v) is 4.12. The summed E-state index contributed by atoms with van der Waals surface area (Å²) in [6.07, 6.45) is 0.523. The Bertz CT molecular complexity index is 602. The van der Waals surface area contributed by atoms with Gasteiger partial charge in [-0.3, -0.25) is 4.79 Å². The summed E-state index contributed by atoms with van der Waals surface area (Å²) in [6.45, 7) is 3.94. The molecule has 1 fully saturated rings. The fourth-order valence-corrected chi connectivity index (χ4v) is 3.43. The first-order valence-corrected chi connectivity index (χ1v) is 7.15. The lowest BCUT2D eigenvalue weighted by atomic mass is 9.77. The molecule has 1 aromatic carbocycles. The van der Waals surface area contributed by atoms with Gasteiger partial charge in [0.1, 0.15) is 11.4 Å². The second-order valence-corrected chi connectivity index (χ2v) is 6.82. The zero-order chi connectivity index (χ0) is 13.8. The van der Waals surface area contributed by atoms with E-state index in [1.165, 1.54) is 0 Å². The van der Waals surface area contributed by atoms with Crippen molar-refractivity contribution < 1.29 is 9.53 Å². The van der Waals surface area contributed by atoms with Gasteiger partial charge in [0.25, 0.3) is 5.91 Å². The molecule has 0 saturated carbocycles. The van der Waals surface area contributed by atoms with Gasteiger partial charge in [0, 0.05) is 16.5 Å². The monoisotopic (exact) mass is 340 g/mol. The van der Waals surface area contributed by atoms with E-state index in [2.05, 4.69) is 26.6 Å². The second kappa shape index (κ2) is 3.93. The average molecular weight is 341 g/mol. The summed E-state index contributed by atoms with van der Waals surface area (Å²) < 4.78 is 6.86. The molecule has 1 saturated heterocycles. The number of benzene rings is 1. The molecule has 2 aliphatic rings. The van der Waals surface area contributed by atoms with Crippen molar-refractivity contribution >= 4 is 39.2 Å². The molecule has 2 N–H and O–H groups in total. The maximum Gasteiger partial charge on any atom is 0.256 e. The maximum absolute atomic E-state index is 12.4. The Kier molecular flexibility index (Phi) is 2.66. The quantitative estimate of drug-likeness (QED) is 0.711. The highest BCUT2D eigenvalue weighted by Gasteiger charge is 2.54. The van der Waals surface area contributed by atoms with Crippen molar-refractivity contribution in [3.05, 3.63) is 28.2 Å². The van der Waals surface area contributed by atoms with Crippen LogP contribution in [0.3, 0.4) is 0 Å². The van der Waals surface area contributed by atoms with Crippen molar-refractivity contribution in [2.45, 2.75) is 31.4 Å². The number of thiocarbonyl (C=S) groups is 1. The largest absolute Gasteiger partial charge is 0.487 e. The van der Waals surface area contributed by atoms with Crippen molar-refractivity contribution in [3.63, 3.8) is 0 Å². The van der Waals surface area contributed by atoms with Crippen molar-refractivity contribution in [1.82, 2.24) is 10.6 Å². The minimum Gasteiger partial charge on any atom is -0.487 e. The fourth-order valence-electron chi connectivity index (χ4n) is 2.80. The topological polar surface area (TPSA) is 50.4 Å². The zero-order valence-electron chi connectivity index (χ0n) is 10.5. The highest BCUT2D eigenvalue weighted by Crippen LogP contribution is 2.45. The molecule has 4 nitrogen and oxygen atoms in total. The number of hydrogen-bond acceptors (Lipinski definition) is 3. The Hall–Kier alpha value is -1.14. The van der Waals surface area contributed by atoms with Gasteiger partial charge in [-0.1, -0.05) is 15.9 Å². The van der Waals surface area contributed by atoms with Gasteiger partial charge >= 0.3 is 0 Å². The molecule has 0 aliphatic carbocycles. The van der Waals surface area contributed by atoms with Gasteiger partial charge in [-0.25, -0.2) is 0 Å². The highest BCUT2D eigenvalue weighted by atomic mass is 79.9. The number of halogens is 1. The van der Waals surface area contributed by atoms with Crippen LogP contribution in [0.2, 0.25) is 0 Å². The van der Waals surface area contributed by atoms with Crippen LogP contribution in [-0.4, -0.2) is 16.6 Å². The standard InChI is InChI=1S/C13H13BrN2O2S/c1-12(2)6-13(10(17)15-11(19)16-13)8-5-7(14)3-4-9(8)18-12/h3-5H,6H2,1-2H3,(H2,15,16,17,19). The average Bonchev–Trinajstić information content (AvgIpc) is 2.54. The molecule has 0 aromatic heterocycles. The SMILES string of the molecule is CC1(C)CC2(NC(=S)NC2=O)c2cc(Br)ccc2O1. The van der Waals surface area contributed by atoms with E-state index in [1.54, 1.807) is 0 Å². The Balaban J connectivity index is 2.23. The Morgan fingerprint density at radius 2 is 2.16 bits per heavy atom. The first-order valence-electron chi connectivity index (χ1n) is 5.95. The smallest absolute Gasteiger partial charge is 0.256 e. The van der Waals surface area contributed by atoms with Crippen molar-refractivity contribution in [2.24, 2.45) is 0 Å². The number of nitrogens with one attached hydrogen (secondary N) is 2. The van der Waals surface area contributed by atoms with E-state index in [-0.39, 0.29) is 5.91 Å². The lowest BCUT2D eigenvalue weighted by molar-refractivity contribution is -0.127. The predicted molar refractivity (Wildman–Crippen MR) is 79.0 cm³/mol. The Labute approximate surface area is 125 Å². The lowest BCUT2D eigenvalue weighted by Crippen LogP contribution is -2.53. The summed E-state index contributed by atoms with van der Waals surface area (Å²) >= 11 is 8.53. The van der Waals surface area contributed by atoms with Crippen LogP contribution in [0, 0.1) is 0 Å². The fraction of sp³-hybridized carbons (Fsp3) is 0.385. The van der Waals surface area contributed by atoms with Crippen LogP contribution in [0.5, 0.6) is 5.75 Å². The number of amides is 1. The minimum absolute atomic E-state index is 0.117. The summed E-state index contributed by atoms with van der Waals surface area (Å²) in [7, 11) is 0. The first-order chi connectivity index (χ1) is 8.82. The minimum atomic E-state index is -0.835. The van der Waals surface area contributed by atoms with E-state index in [9.17, 15) is 4.79 Å². The van der Waals surface area contributed by atoms with Crippen LogP contribution >= 0.6 is 28.1 Å². The van der Waals surface area contributed by atoms with Gasteiger partial charge in [0.15, 0.2) is 10.7 Å². The predicted octanol–water partition coefficient (Wildman–Crippen LogP) is 2.21. The van der Waals surface area contributed by atoms with Crippen LogP contribution in [-0.2, 0) is 10.3 Å². The van der Waals surface area contributed by atoms with E-state index in [4.69, 9.17) is 17.0 Å². The summed E-state index contributed by atoms with van der Waals surface area (Å²) in [5, 5.41) is 6.18. The molecule has 1 spiro atoms. The summed E-state index contributed by atoms with van der Waals surface area (Å²) in [6, 6.07) is 5.68. The van der Waals surface area contributed by atoms with Gasteiger partial charge in [-0.15, -0.1) is 0 Å². The second-order valence-electron chi connectivity index (χ2n) is 5.49. The molecule has 1 atom stereocenters. The molecule has 3 rings (SSSR count). The number of carbonyl (C=O) groups is 1. The van der Waals surface area contributed by atoms with Gasteiger partial charge in [0.2, 0.25) is 0 Å². The van der Waals surface area contributed by atoms with E-state index in [0.717, 1.165) is 10.0 Å². The van der Waals surface area contributed by atoms with Crippen molar-refractivity contribution in [3.8, 4) is 5.75 Å². The molecule has 100 valence electrons. The molecular formula is C13H13BrN2O2S. The molecular weight excluding hydrogens is 328 g/mol. The number of fused-ring (bicyclic) bond motifs is 2. The zero-order valence-corrected chi connectivity index (χ0v) is 12.9. The first kappa shape index (κ1) is 12.9. The summed E-state index contributed by atoms with van der Waals surface area (Å²) in [5.74, 6) is 0.597. The molecule has 1 unspecified atom stereocenters. The molecule has 0 bridgehead atoms. The van der Waals surface area contributed by atoms with Crippen LogP contribution in [0.4, 0.5) is 0 Å². The molecule has 2 aliphatic heterocycles. The van der Waals surface area contributed by atoms with E-state index in [1.807, 2.05) is 32.0 Å². The number of rotatable bonds is 0. The molecule has 19 heavy (non-hydrogen) atoms. The van der Waals surface area contributed by atoms with Gasteiger partial charge < -0.3 is 15.4 Å². The van der Waals surface area contributed by atoms with Crippen LogP contribution in [0.1, 0.15) is 25.8 Å². The molecule has 1 aromatic rings. The molecule has 6 heteroatoms. The number of carbonyl (C=O) groups excluding carboxylic acids is 1. The van der Waals surface area contributed by atoms with E-state index in [0.29, 0.717) is 17.3 Å². The molecule has 0 radical (unpaired) electrons. The van der Waals surface area contributed by atoms with Crippen LogP contribution in [0.25, 0.3) is 0 Å². The van der Waals surface area contributed by atoms with Crippen LogP contribution < -0.4 is 15.4 Å². The van der Waals surface area contributed by atoms with Gasteiger partial charge in [0.05, 0.1) is 0 Å². The van der Waals surface area contributed by atoms with Crippen LogP contribution in [0.15, 0.2) is 22.7 Å². The Morgan fingerprint density at radius 1 is 1.42 bits per heavy atom. The Morgan fingerprint density at radius 3 is 2.79 bits per heavy atom. The maximum atomic E-state index is 12.4. The van der Waals surface area contributed by atoms with Gasteiger partial charge in [-0.05, 0) is 44.3 Å². The van der Waals surface area contributed by atoms with E-state index >= 15 is 0 Å². The van der Waals surface area contributed by atoms with Crippen molar-refractivity contribution in [1.29, 1.82) is 0 Å². The molecule has 2 heterocycles. The number of ether oxygens (including phenoxy) is 1. The normalized spacial score (nSPS) is 27.5. The van der Waals surface area contributed by atoms with E-state index < -0.39 is 11.1 Å².